The summed E-state index contributed by atoms with van der Waals surface area (Å²) in [5, 5.41) is 20.1. The van der Waals surface area contributed by atoms with Crippen molar-refractivity contribution >= 4 is 0 Å². The summed E-state index contributed by atoms with van der Waals surface area (Å²) in [5.74, 6) is 1.69. The lowest BCUT2D eigenvalue weighted by atomic mass is 9.83. The number of nitrogens with zero attached hydrogens (tertiary/aromatic N) is 1. The predicted molar refractivity (Wildman–Crippen MR) is 82.8 cm³/mol. The van der Waals surface area contributed by atoms with E-state index in [4.69, 9.17) is 4.42 Å². The van der Waals surface area contributed by atoms with Crippen molar-refractivity contribution in [1.82, 2.24) is 15.5 Å². The number of furan rings is 1. The van der Waals surface area contributed by atoms with Crippen molar-refractivity contribution in [2.45, 2.75) is 40.2 Å². The van der Waals surface area contributed by atoms with Crippen molar-refractivity contribution in [1.29, 1.82) is 0 Å². The van der Waals surface area contributed by atoms with Crippen molar-refractivity contribution in [3.63, 3.8) is 0 Å². The molecule has 0 aromatic carbocycles. The lowest BCUT2D eigenvalue weighted by molar-refractivity contribution is 0.113. The van der Waals surface area contributed by atoms with E-state index in [1.54, 1.807) is 0 Å². The summed E-state index contributed by atoms with van der Waals surface area (Å²) in [6.45, 7) is 7.87. The summed E-state index contributed by atoms with van der Waals surface area (Å²) >= 11 is 0. The van der Waals surface area contributed by atoms with Crippen molar-refractivity contribution in [2.24, 2.45) is 5.41 Å². The summed E-state index contributed by atoms with van der Waals surface area (Å²) in [6, 6.07) is 3.89. The fourth-order valence-corrected chi connectivity index (χ4v) is 2.47. The zero-order chi connectivity index (χ0) is 15.3. The normalized spacial score (nSPS) is 12.0. The third-order valence-corrected chi connectivity index (χ3v) is 4.36. The van der Waals surface area contributed by atoms with Gasteiger partial charge in [0.25, 0.3) is 0 Å². The third kappa shape index (κ3) is 3.54. The number of nitrogens with one attached hydrogen (secondary N) is 2. The lowest BCUT2D eigenvalue weighted by Gasteiger charge is -2.29. The van der Waals surface area contributed by atoms with Crippen LogP contribution in [0, 0.1) is 12.3 Å². The van der Waals surface area contributed by atoms with Crippen molar-refractivity contribution in [3.05, 3.63) is 29.7 Å². The molecule has 0 amide bonds. The van der Waals surface area contributed by atoms with Gasteiger partial charge in [0.05, 0.1) is 6.20 Å². The Kier molecular flexibility index (Phi) is 5.20. The van der Waals surface area contributed by atoms with Gasteiger partial charge in [0.15, 0.2) is 5.76 Å². The van der Waals surface area contributed by atoms with Crippen molar-refractivity contribution < 1.29 is 9.52 Å². The molecule has 0 aliphatic rings. The molecule has 0 spiro atoms. The van der Waals surface area contributed by atoms with Gasteiger partial charge in [0, 0.05) is 30.7 Å². The van der Waals surface area contributed by atoms with Crippen LogP contribution in [-0.4, -0.2) is 28.5 Å². The molecule has 2 rings (SSSR count). The Labute approximate surface area is 125 Å². The van der Waals surface area contributed by atoms with Crippen LogP contribution in [0.2, 0.25) is 0 Å². The average Bonchev–Trinajstić information content (AvgIpc) is 3.13. The van der Waals surface area contributed by atoms with Crippen LogP contribution in [0.4, 0.5) is 0 Å². The molecule has 5 heteroatoms. The first-order chi connectivity index (χ1) is 10.1. The Morgan fingerprint density at radius 1 is 1.33 bits per heavy atom. The molecule has 0 saturated carbocycles. The number of hydrogen-bond donors (Lipinski definition) is 3. The minimum Gasteiger partial charge on any atom is -0.460 e. The van der Waals surface area contributed by atoms with E-state index in [0.29, 0.717) is 6.54 Å². The molecule has 0 bridgehead atoms. The van der Waals surface area contributed by atoms with Gasteiger partial charge in [0.2, 0.25) is 0 Å². The van der Waals surface area contributed by atoms with Crippen molar-refractivity contribution in [2.75, 3.05) is 13.2 Å². The Morgan fingerprint density at radius 2 is 2.10 bits per heavy atom. The monoisotopic (exact) mass is 291 g/mol. The second-order valence-corrected chi connectivity index (χ2v) is 5.65. The molecule has 5 nitrogen and oxygen atoms in total. The fourth-order valence-electron chi connectivity index (χ4n) is 2.47. The van der Waals surface area contributed by atoms with Gasteiger partial charge in [0.1, 0.15) is 11.5 Å². The predicted octanol–water partition coefficient (Wildman–Crippen LogP) is 2.87. The average molecular weight is 291 g/mol. The molecule has 0 saturated heterocycles. The number of aromatic amines is 1. The molecular formula is C16H25N3O2. The molecule has 0 atom stereocenters. The largest absolute Gasteiger partial charge is 0.460 e. The SMILES string of the molecule is CCC(CC)(CO)CNCc1cn[nH]c1-c1ccc(C)o1. The molecular weight excluding hydrogens is 266 g/mol. The summed E-state index contributed by atoms with van der Waals surface area (Å²) < 4.78 is 5.64. The van der Waals surface area contributed by atoms with Gasteiger partial charge in [-0.15, -0.1) is 0 Å². The zero-order valence-corrected chi connectivity index (χ0v) is 13.1. The highest BCUT2D eigenvalue weighted by Gasteiger charge is 2.24. The summed E-state index contributed by atoms with van der Waals surface area (Å²) in [7, 11) is 0. The van der Waals surface area contributed by atoms with Gasteiger partial charge in [-0.3, -0.25) is 5.10 Å². The number of aromatic nitrogens is 2. The maximum absolute atomic E-state index is 9.60. The maximum Gasteiger partial charge on any atom is 0.152 e. The molecule has 2 heterocycles. The summed E-state index contributed by atoms with van der Waals surface area (Å²) in [6.07, 6.45) is 3.74. The van der Waals surface area contributed by atoms with Gasteiger partial charge in [-0.25, -0.2) is 0 Å². The van der Waals surface area contributed by atoms with Gasteiger partial charge in [-0.2, -0.15) is 5.10 Å². The molecule has 0 aliphatic carbocycles. The minimum atomic E-state index is -0.0365. The highest BCUT2D eigenvalue weighted by Crippen LogP contribution is 2.26. The van der Waals surface area contributed by atoms with Crippen LogP contribution in [0.1, 0.15) is 38.0 Å². The maximum atomic E-state index is 9.60. The van der Waals surface area contributed by atoms with Gasteiger partial charge in [-0.1, -0.05) is 13.8 Å². The van der Waals surface area contributed by atoms with Crippen LogP contribution in [0.5, 0.6) is 0 Å². The van der Waals surface area contributed by atoms with E-state index in [1.165, 1.54) is 0 Å². The Bertz CT molecular complexity index is 547. The molecule has 0 unspecified atom stereocenters. The van der Waals surface area contributed by atoms with Crippen LogP contribution < -0.4 is 5.32 Å². The van der Waals surface area contributed by atoms with Crippen LogP contribution >= 0.6 is 0 Å². The quantitative estimate of drug-likeness (QED) is 0.699. The van der Waals surface area contributed by atoms with Crippen LogP contribution in [0.15, 0.2) is 22.7 Å². The Morgan fingerprint density at radius 3 is 2.67 bits per heavy atom. The number of H-pyrrole nitrogens is 1. The molecule has 116 valence electrons. The summed E-state index contributed by atoms with van der Waals surface area (Å²) in [4.78, 5) is 0. The van der Waals surface area contributed by atoms with Crippen LogP contribution in [0.3, 0.4) is 0 Å². The van der Waals surface area contributed by atoms with Crippen molar-refractivity contribution in [3.8, 4) is 11.5 Å². The van der Waals surface area contributed by atoms with E-state index in [-0.39, 0.29) is 12.0 Å². The van der Waals surface area contributed by atoms with E-state index < -0.39 is 0 Å². The zero-order valence-electron chi connectivity index (χ0n) is 13.1. The van der Waals surface area contributed by atoms with E-state index in [1.807, 2.05) is 25.3 Å². The molecule has 0 fully saturated rings. The van der Waals surface area contributed by atoms with E-state index in [2.05, 4.69) is 29.4 Å². The molecule has 0 radical (unpaired) electrons. The molecule has 21 heavy (non-hydrogen) atoms. The third-order valence-electron chi connectivity index (χ3n) is 4.36. The first kappa shape index (κ1) is 15.8. The minimum absolute atomic E-state index is 0.0365. The smallest absolute Gasteiger partial charge is 0.152 e. The Hall–Kier alpha value is -1.59. The number of aliphatic hydroxyl groups is 1. The molecule has 2 aromatic rings. The Balaban J connectivity index is 2.00. The number of aryl methyl sites for hydroxylation is 1. The first-order valence-corrected chi connectivity index (χ1v) is 7.54. The highest BCUT2D eigenvalue weighted by molar-refractivity contribution is 5.56. The lowest BCUT2D eigenvalue weighted by Crippen LogP contribution is -2.36. The summed E-state index contributed by atoms with van der Waals surface area (Å²) in [5.41, 5.74) is 1.95. The van der Waals surface area contributed by atoms with Crippen LogP contribution in [0.25, 0.3) is 11.5 Å². The standard InChI is InChI=1S/C16H25N3O2/c1-4-16(5-2,11-20)10-17-8-13-9-18-19-15(13)14-7-6-12(3)21-14/h6-7,9,17,20H,4-5,8,10-11H2,1-3H3,(H,18,19). The first-order valence-electron chi connectivity index (χ1n) is 7.54. The fraction of sp³-hybridized carbons (Fsp3) is 0.562. The molecule has 0 aliphatic heterocycles. The number of aliphatic hydroxyl groups excluding tert-OH is 1. The second-order valence-electron chi connectivity index (χ2n) is 5.65. The van der Waals surface area contributed by atoms with E-state index in [0.717, 1.165) is 42.2 Å². The molecule has 3 N–H and O–H groups in total. The molecule has 2 aromatic heterocycles. The highest BCUT2D eigenvalue weighted by atomic mass is 16.3. The van der Waals surface area contributed by atoms with Gasteiger partial charge in [-0.05, 0) is 31.9 Å². The van der Waals surface area contributed by atoms with Gasteiger partial charge < -0.3 is 14.8 Å². The second kappa shape index (κ2) is 6.91. The number of hydrogen-bond acceptors (Lipinski definition) is 4. The number of rotatable bonds is 8. The van der Waals surface area contributed by atoms with E-state index in [9.17, 15) is 5.11 Å². The van der Waals surface area contributed by atoms with E-state index >= 15 is 0 Å². The van der Waals surface area contributed by atoms with Gasteiger partial charge >= 0.3 is 0 Å². The topological polar surface area (TPSA) is 74.1 Å². The van der Waals surface area contributed by atoms with Crippen LogP contribution in [-0.2, 0) is 6.54 Å².